The lowest BCUT2D eigenvalue weighted by atomic mass is 9.96. The summed E-state index contributed by atoms with van der Waals surface area (Å²) in [6.45, 7) is 2.02. The molecule has 2 bridgehead atoms. The molecule has 246 valence electrons. The van der Waals surface area contributed by atoms with Crippen LogP contribution in [0.3, 0.4) is 0 Å². The maximum absolute atomic E-state index is 14.5. The highest BCUT2D eigenvalue weighted by molar-refractivity contribution is 6.10. The normalized spacial score (nSPS) is 20.4. The highest BCUT2D eigenvalue weighted by Crippen LogP contribution is 2.42. The number of carbonyl (C=O) groups excluding carboxylic acids is 1. The Morgan fingerprint density at radius 1 is 1.06 bits per heavy atom. The molecular weight excluding hydrogens is 621 g/mol. The fourth-order valence-electron chi connectivity index (χ4n) is 7.11. The first kappa shape index (κ1) is 30.5. The van der Waals surface area contributed by atoms with E-state index < -0.39 is 17.6 Å². The van der Waals surface area contributed by atoms with E-state index >= 15 is 0 Å². The summed E-state index contributed by atoms with van der Waals surface area (Å²) in [5.41, 5.74) is 2.05. The molecule has 2 atom stereocenters. The first-order chi connectivity index (χ1) is 23.1. The van der Waals surface area contributed by atoms with Gasteiger partial charge in [0.2, 0.25) is 0 Å². The van der Waals surface area contributed by atoms with Gasteiger partial charge in [-0.3, -0.25) is 14.6 Å². The van der Waals surface area contributed by atoms with Crippen LogP contribution in [0.5, 0.6) is 0 Å². The van der Waals surface area contributed by atoms with Gasteiger partial charge in [-0.15, -0.1) is 10.2 Å². The monoisotopic (exact) mass is 654 g/mol. The number of benzene rings is 2. The lowest BCUT2D eigenvalue weighted by Gasteiger charge is -2.47. The van der Waals surface area contributed by atoms with Crippen LogP contribution in [0.1, 0.15) is 58.3 Å². The predicted molar refractivity (Wildman–Crippen MR) is 171 cm³/mol. The highest BCUT2D eigenvalue weighted by Gasteiger charge is 2.42. The SMILES string of the molecule is Cn1cnnc1-c1ccc(C#N)cc1-c1cc(NCCC2CC2)nc(N2Cc3c(cc(CN4CC5CC(C4)O5)cc3C(F)(F)F)C2=O)c1. The van der Waals surface area contributed by atoms with Crippen molar-refractivity contribution in [3.63, 3.8) is 0 Å². The van der Waals surface area contributed by atoms with Crippen LogP contribution in [-0.2, 0) is 31.1 Å². The number of alkyl halides is 3. The molecule has 13 heteroatoms. The number of hydrogen-bond donors (Lipinski definition) is 1. The van der Waals surface area contributed by atoms with Crippen molar-refractivity contribution in [3.8, 4) is 28.6 Å². The average Bonchev–Trinajstić information content (AvgIpc) is 3.69. The van der Waals surface area contributed by atoms with Crippen molar-refractivity contribution in [2.24, 2.45) is 13.0 Å². The third-order valence-corrected chi connectivity index (χ3v) is 9.70. The number of carbonyl (C=O) groups is 1. The molecule has 48 heavy (non-hydrogen) atoms. The zero-order chi connectivity index (χ0) is 33.2. The number of hydrogen-bond acceptors (Lipinski definition) is 8. The van der Waals surface area contributed by atoms with E-state index in [9.17, 15) is 23.2 Å². The van der Waals surface area contributed by atoms with Crippen molar-refractivity contribution in [2.75, 3.05) is 29.9 Å². The van der Waals surface area contributed by atoms with Gasteiger partial charge in [0.15, 0.2) is 5.82 Å². The summed E-state index contributed by atoms with van der Waals surface area (Å²) >= 11 is 0. The van der Waals surface area contributed by atoms with Gasteiger partial charge in [-0.2, -0.15) is 18.4 Å². The van der Waals surface area contributed by atoms with Crippen LogP contribution in [0.15, 0.2) is 48.8 Å². The third kappa shape index (κ3) is 5.79. The molecule has 2 unspecified atom stereocenters. The number of halogens is 3. The standard InChI is InChI=1S/C35H33F3N8O2/c1-44-19-41-43-33(44)26-5-4-21(14-39)8-27(26)23-11-31(40-7-6-20-2-3-20)42-32(12-23)46-18-29-28(34(46)47)9-22(10-30(29)35(36,37)38)15-45-16-24-13-25(17-45)48-24/h4-5,8-12,19-20,24-25H,2-3,6-7,13,15-18H2,1H3,(H,40,42). The second-order valence-electron chi connectivity index (χ2n) is 13.3. The Morgan fingerprint density at radius 3 is 2.54 bits per heavy atom. The first-order valence-corrected chi connectivity index (χ1v) is 16.2. The number of amides is 1. The van der Waals surface area contributed by atoms with Crippen molar-refractivity contribution in [1.82, 2.24) is 24.6 Å². The topological polar surface area (TPSA) is 112 Å². The summed E-state index contributed by atoms with van der Waals surface area (Å²) < 4.78 is 51.1. The lowest BCUT2D eigenvalue weighted by Crippen LogP contribution is -2.56. The van der Waals surface area contributed by atoms with Crippen molar-refractivity contribution < 1.29 is 22.7 Å². The Labute approximate surface area is 275 Å². The Bertz CT molecular complexity index is 1950. The molecule has 10 nitrogen and oxygen atoms in total. The number of rotatable bonds is 9. The number of nitrogens with one attached hydrogen (secondary N) is 1. The molecule has 1 saturated carbocycles. The van der Waals surface area contributed by atoms with Crippen molar-refractivity contribution in [2.45, 2.75) is 57.2 Å². The van der Waals surface area contributed by atoms with Gasteiger partial charge >= 0.3 is 6.18 Å². The second-order valence-corrected chi connectivity index (χ2v) is 13.3. The smallest absolute Gasteiger partial charge is 0.372 e. The first-order valence-electron chi connectivity index (χ1n) is 16.2. The van der Waals surface area contributed by atoms with Crippen LogP contribution in [0.25, 0.3) is 22.5 Å². The van der Waals surface area contributed by atoms with Crippen LogP contribution in [-0.4, -0.2) is 62.4 Å². The van der Waals surface area contributed by atoms with E-state index in [1.165, 1.54) is 23.8 Å². The summed E-state index contributed by atoms with van der Waals surface area (Å²) in [4.78, 5) is 22.2. The number of morpholine rings is 1. The van der Waals surface area contributed by atoms with E-state index in [1.807, 2.05) is 13.1 Å². The molecule has 2 aromatic carbocycles. The molecule has 4 fully saturated rings. The number of fused-ring (bicyclic) bond motifs is 3. The molecular formula is C35H33F3N8O2. The molecule has 6 heterocycles. The molecule has 5 aliphatic rings. The molecule has 1 aliphatic carbocycles. The number of nitrogens with zero attached hydrogens (tertiary/aromatic N) is 7. The largest absolute Gasteiger partial charge is 0.416 e. The summed E-state index contributed by atoms with van der Waals surface area (Å²) in [6.07, 6.45) is 1.50. The fourth-order valence-corrected chi connectivity index (χ4v) is 7.11. The predicted octanol–water partition coefficient (Wildman–Crippen LogP) is 5.78. The number of ether oxygens (including phenoxy) is 1. The van der Waals surface area contributed by atoms with Gasteiger partial charge < -0.3 is 14.6 Å². The van der Waals surface area contributed by atoms with Gasteiger partial charge in [0.25, 0.3) is 5.91 Å². The zero-order valence-corrected chi connectivity index (χ0v) is 26.3. The molecule has 4 aromatic rings. The average molecular weight is 655 g/mol. The maximum Gasteiger partial charge on any atom is 0.416 e. The number of aryl methyl sites for hydroxylation is 1. The minimum absolute atomic E-state index is 0.0416. The van der Waals surface area contributed by atoms with E-state index in [0.29, 0.717) is 71.6 Å². The molecule has 1 amide bonds. The lowest BCUT2D eigenvalue weighted by molar-refractivity contribution is -0.182. The maximum atomic E-state index is 14.5. The molecule has 1 N–H and O–H groups in total. The van der Waals surface area contributed by atoms with Gasteiger partial charge in [0.1, 0.15) is 18.0 Å². The highest BCUT2D eigenvalue weighted by atomic mass is 19.4. The minimum atomic E-state index is -4.64. The molecule has 0 radical (unpaired) electrons. The number of piperidine rings is 1. The zero-order valence-electron chi connectivity index (χ0n) is 26.3. The van der Waals surface area contributed by atoms with Crippen LogP contribution >= 0.6 is 0 Å². The van der Waals surface area contributed by atoms with E-state index in [0.717, 1.165) is 12.8 Å². The second kappa shape index (κ2) is 11.7. The van der Waals surface area contributed by atoms with E-state index in [2.05, 4.69) is 26.5 Å². The van der Waals surface area contributed by atoms with Crippen molar-refractivity contribution >= 4 is 17.5 Å². The number of aromatic nitrogens is 4. The van der Waals surface area contributed by atoms with E-state index in [4.69, 9.17) is 9.72 Å². The molecule has 3 saturated heterocycles. The van der Waals surface area contributed by atoms with Gasteiger partial charge in [-0.05, 0) is 77.1 Å². The number of anilines is 2. The van der Waals surface area contributed by atoms with Gasteiger partial charge in [0, 0.05) is 50.8 Å². The molecule has 9 rings (SSSR count). The summed E-state index contributed by atoms with van der Waals surface area (Å²) in [6, 6.07) is 13.7. The fraction of sp³-hybridized carbons (Fsp3) is 0.400. The minimum Gasteiger partial charge on any atom is -0.372 e. The molecule has 2 aromatic heterocycles. The Morgan fingerprint density at radius 2 is 1.85 bits per heavy atom. The quantitative estimate of drug-likeness (QED) is 0.242. The van der Waals surface area contributed by atoms with Crippen LogP contribution in [0, 0.1) is 17.2 Å². The summed E-state index contributed by atoms with van der Waals surface area (Å²) in [5.74, 6) is 1.41. The Hall–Kier alpha value is -4.80. The Balaban J connectivity index is 1.19. The van der Waals surface area contributed by atoms with Crippen LogP contribution < -0.4 is 10.2 Å². The van der Waals surface area contributed by atoms with Crippen molar-refractivity contribution in [1.29, 1.82) is 5.26 Å². The van der Waals surface area contributed by atoms with Crippen LogP contribution in [0.4, 0.5) is 24.8 Å². The van der Waals surface area contributed by atoms with Crippen molar-refractivity contribution in [3.05, 3.63) is 76.6 Å². The molecule has 4 aliphatic heterocycles. The van der Waals surface area contributed by atoms with Gasteiger partial charge in [-0.1, -0.05) is 12.8 Å². The van der Waals surface area contributed by atoms with E-state index in [1.54, 1.807) is 41.2 Å². The van der Waals surface area contributed by atoms with Crippen LogP contribution in [0.2, 0.25) is 0 Å². The third-order valence-electron chi connectivity index (χ3n) is 9.70. The van der Waals surface area contributed by atoms with Gasteiger partial charge in [-0.25, -0.2) is 4.98 Å². The van der Waals surface area contributed by atoms with Gasteiger partial charge in [0.05, 0.1) is 35.9 Å². The summed E-state index contributed by atoms with van der Waals surface area (Å²) in [7, 11) is 1.81. The molecule has 0 spiro atoms. The van der Waals surface area contributed by atoms with E-state index in [-0.39, 0.29) is 35.7 Å². The number of pyridine rings is 1. The summed E-state index contributed by atoms with van der Waals surface area (Å²) in [5, 5.41) is 21.4. The number of nitriles is 1. The Kier molecular flexibility index (Phi) is 7.45.